The number of oxazole rings is 1. The van der Waals surface area contributed by atoms with Crippen molar-refractivity contribution < 1.29 is 12.8 Å². The molecule has 4 rings (SSSR count). The van der Waals surface area contributed by atoms with Gasteiger partial charge < -0.3 is 4.42 Å². The maximum absolute atomic E-state index is 12.9. The van der Waals surface area contributed by atoms with Crippen molar-refractivity contribution in [1.82, 2.24) is 8.87 Å². The van der Waals surface area contributed by atoms with Crippen LogP contribution in [0.4, 0.5) is 0 Å². The highest BCUT2D eigenvalue weighted by Crippen LogP contribution is 2.33. The van der Waals surface area contributed by atoms with Gasteiger partial charge in [-0.05, 0) is 36.2 Å². The monoisotopic (exact) mass is 384 g/mol. The van der Waals surface area contributed by atoms with Gasteiger partial charge in [-0.15, -0.1) is 11.3 Å². The molecule has 0 aliphatic carbocycles. The highest BCUT2D eigenvalue weighted by molar-refractivity contribution is 7.89. The van der Waals surface area contributed by atoms with E-state index in [-0.39, 0.29) is 4.90 Å². The molecule has 0 radical (unpaired) electrons. The molecule has 9 heteroatoms. The quantitative estimate of drug-likeness (QED) is 0.680. The average molecular weight is 385 g/mol. The fourth-order valence-corrected chi connectivity index (χ4v) is 5.63. The molecule has 2 aromatic heterocycles. The summed E-state index contributed by atoms with van der Waals surface area (Å²) in [5, 5.41) is 0. The lowest BCUT2D eigenvalue weighted by Crippen LogP contribution is -2.35. The Hall–Kier alpha value is -1.61. The SMILES string of the molecule is Cn1c(=O)oc2ccc(S(=O)(=O)N3CCc4sc(Cl)cc4C3)cc21. The Morgan fingerprint density at radius 1 is 1.29 bits per heavy atom. The van der Waals surface area contributed by atoms with Crippen LogP contribution in [-0.2, 0) is 30.0 Å². The Kier molecular flexibility index (Phi) is 3.61. The number of hydrogen-bond acceptors (Lipinski definition) is 5. The van der Waals surface area contributed by atoms with E-state index in [9.17, 15) is 13.2 Å². The minimum atomic E-state index is -3.66. The zero-order valence-electron chi connectivity index (χ0n) is 12.7. The second kappa shape index (κ2) is 5.45. The van der Waals surface area contributed by atoms with Crippen LogP contribution in [-0.4, -0.2) is 23.8 Å². The lowest BCUT2D eigenvalue weighted by atomic mass is 10.1. The lowest BCUT2D eigenvalue weighted by molar-refractivity contribution is 0.394. The van der Waals surface area contributed by atoms with E-state index in [0.717, 1.165) is 10.4 Å². The Balaban J connectivity index is 1.75. The van der Waals surface area contributed by atoms with Crippen molar-refractivity contribution in [3.05, 3.63) is 49.6 Å². The number of nitrogens with zero attached hydrogens (tertiary/aromatic N) is 2. The van der Waals surface area contributed by atoms with Gasteiger partial charge in [0.05, 0.1) is 14.7 Å². The smallest absolute Gasteiger partial charge is 0.408 e. The summed E-state index contributed by atoms with van der Waals surface area (Å²) in [4.78, 5) is 12.9. The molecule has 6 nitrogen and oxygen atoms in total. The molecule has 1 aliphatic rings. The van der Waals surface area contributed by atoms with Gasteiger partial charge in [0, 0.05) is 25.0 Å². The molecule has 0 bridgehead atoms. The number of rotatable bonds is 2. The van der Waals surface area contributed by atoms with Gasteiger partial charge in [-0.1, -0.05) is 11.6 Å². The van der Waals surface area contributed by atoms with E-state index in [2.05, 4.69) is 0 Å². The van der Waals surface area contributed by atoms with E-state index in [1.165, 1.54) is 38.4 Å². The van der Waals surface area contributed by atoms with Gasteiger partial charge in [0.2, 0.25) is 10.0 Å². The number of hydrogen-bond donors (Lipinski definition) is 0. The van der Waals surface area contributed by atoms with E-state index in [1.807, 2.05) is 6.07 Å². The van der Waals surface area contributed by atoms with Crippen molar-refractivity contribution >= 4 is 44.1 Å². The highest BCUT2D eigenvalue weighted by atomic mass is 35.5. The standard InChI is InChI=1S/C15H13ClN2O4S2/c1-17-11-7-10(2-3-12(11)22-15(17)19)24(20,21)18-5-4-13-9(8-18)6-14(16)23-13/h2-3,6-7H,4-5,8H2,1H3. The third-order valence-electron chi connectivity index (χ3n) is 4.20. The van der Waals surface area contributed by atoms with Crippen LogP contribution in [0, 0.1) is 0 Å². The molecule has 3 aromatic rings. The second-order valence-electron chi connectivity index (χ2n) is 5.64. The van der Waals surface area contributed by atoms with Crippen molar-refractivity contribution in [2.45, 2.75) is 17.9 Å². The summed E-state index contributed by atoms with van der Waals surface area (Å²) in [5.74, 6) is -0.518. The third kappa shape index (κ3) is 2.41. The van der Waals surface area contributed by atoms with Crippen LogP contribution >= 0.6 is 22.9 Å². The van der Waals surface area contributed by atoms with Gasteiger partial charge in [0.25, 0.3) is 0 Å². The first-order valence-corrected chi connectivity index (χ1v) is 9.86. The number of thiophene rings is 1. The lowest BCUT2D eigenvalue weighted by Gasteiger charge is -2.26. The average Bonchev–Trinajstić information content (AvgIpc) is 3.05. The largest absolute Gasteiger partial charge is 0.419 e. The Morgan fingerprint density at radius 2 is 2.08 bits per heavy atom. The van der Waals surface area contributed by atoms with Crippen LogP contribution in [0.5, 0.6) is 0 Å². The Bertz CT molecular complexity index is 1110. The van der Waals surface area contributed by atoms with Crippen LogP contribution in [0.2, 0.25) is 4.34 Å². The summed E-state index contributed by atoms with van der Waals surface area (Å²) in [6, 6.07) is 6.29. The summed E-state index contributed by atoms with van der Waals surface area (Å²) in [5.41, 5.74) is 1.78. The molecule has 3 heterocycles. The molecule has 1 aromatic carbocycles. The molecule has 126 valence electrons. The van der Waals surface area contributed by atoms with E-state index in [4.69, 9.17) is 16.0 Å². The van der Waals surface area contributed by atoms with Gasteiger partial charge >= 0.3 is 5.76 Å². The van der Waals surface area contributed by atoms with Crippen molar-refractivity contribution in [1.29, 1.82) is 0 Å². The van der Waals surface area contributed by atoms with Gasteiger partial charge in [-0.2, -0.15) is 4.31 Å². The molecule has 0 saturated carbocycles. The van der Waals surface area contributed by atoms with E-state index < -0.39 is 15.8 Å². The topological polar surface area (TPSA) is 72.5 Å². The van der Waals surface area contributed by atoms with E-state index in [1.54, 1.807) is 7.05 Å². The molecule has 0 unspecified atom stereocenters. The van der Waals surface area contributed by atoms with Crippen LogP contribution < -0.4 is 5.76 Å². The molecule has 0 amide bonds. The minimum absolute atomic E-state index is 0.149. The number of sulfonamides is 1. The summed E-state index contributed by atoms with van der Waals surface area (Å²) >= 11 is 7.52. The van der Waals surface area contributed by atoms with Crippen molar-refractivity contribution in [2.75, 3.05) is 6.54 Å². The fourth-order valence-electron chi connectivity index (χ4n) is 2.89. The van der Waals surface area contributed by atoms with Crippen LogP contribution in [0.15, 0.2) is 38.4 Å². The molecular weight excluding hydrogens is 372 g/mol. The number of fused-ring (bicyclic) bond motifs is 2. The van der Waals surface area contributed by atoms with Crippen molar-refractivity contribution in [3.8, 4) is 0 Å². The Labute approximate surface area is 146 Å². The number of aromatic nitrogens is 1. The van der Waals surface area contributed by atoms with Gasteiger partial charge in [-0.25, -0.2) is 13.2 Å². The predicted molar refractivity (Wildman–Crippen MR) is 92.1 cm³/mol. The molecule has 0 N–H and O–H groups in total. The molecule has 0 saturated heterocycles. The zero-order valence-corrected chi connectivity index (χ0v) is 15.0. The van der Waals surface area contributed by atoms with Gasteiger partial charge in [-0.3, -0.25) is 4.57 Å². The van der Waals surface area contributed by atoms with Crippen molar-refractivity contribution in [3.63, 3.8) is 0 Å². The summed E-state index contributed by atoms with van der Waals surface area (Å²) in [7, 11) is -2.11. The molecule has 0 spiro atoms. The van der Waals surface area contributed by atoms with E-state index >= 15 is 0 Å². The highest BCUT2D eigenvalue weighted by Gasteiger charge is 2.30. The first-order valence-electron chi connectivity index (χ1n) is 7.23. The molecule has 24 heavy (non-hydrogen) atoms. The van der Waals surface area contributed by atoms with Gasteiger partial charge in [0.1, 0.15) is 0 Å². The van der Waals surface area contributed by atoms with Crippen LogP contribution in [0.1, 0.15) is 10.4 Å². The van der Waals surface area contributed by atoms with Crippen LogP contribution in [0.25, 0.3) is 11.1 Å². The normalized spacial score (nSPS) is 15.8. The predicted octanol–water partition coefficient (Wildman–Crippen LogP) is 2.59. The number of halogens is 1. The first-order chi connectivity index (χ1) is 11.4. The van der Waals surface area contributed by atoms with Crippen LogP contribution in [0.3, 0.4) is 0 Å². The third-order valence-corrected chi connectivity index (χ3v) is 7.41. The molecule has 1 aliphatic heterocycles. The van der Waals surface area contributed by atoms with Gasteiger partial charge in [0.15, 0.2) is 5.58 Å². The first kappa shape index (κ1) is 15.9. The Morgan fingerprint density at radius 3 is 2.88 bits per heavy atom. The summed E-state index contributed by atoms with van der Waals surface area (Å²) < 4.78 is 34.3. The molecule has 0 fully saturated rings. The maximum Gasteiger partial charge on any atom is 0.419 e. The summed E-state index contributed by atoms with van der Waals surface area (Å²) in [6.07, 6.45) is 0.651. The number of aryl methyl sites for hydroxylation is 1. The van der Waals surface area contributed by atoms with Crippen molar-refractivity contribution in [2.24, 2.45) is 7.05 Å². The molecular formula is C15H13ClN2O4S2. The number of benzene rings is 1. The maximum atomic E-state index is 12.9. The zero-order chi connectivity index (χ0) is 17.1. The van der Waals surface area contributed by atoms with E-state index in [0.29, 0.717) is 34.9 Å². The second-order valence-corrected chi connectivity index (χ2v) is 9.35. The summed E-state index contributed by atoms with van der Waals surface area (Å²) in [6.45, 7) is 0.720. The minimum Gasteiger partial charge on any atom is -0.408 e. The molecule has 0 atom stereocenters. The fraction of sp³-hybridized carbons (Fsp3) is 0.267.